The quantitative estimate of drug-likeness (QED) is 0.331. The molecule has 0 fully saturated rings. The number of ketones is 1. The summed E-state index contributed by atoms with van der Waals surface area (Å²) in [5.41, 5.74) is 0.187. The molecule has 1 heterocycles. The minimum atomic E-state index is -0.679. The molecule has 0 saturated heterocycles. The van der Waals surface area contributed by atoms with E-state index in [-0.39, 0.29) is 27.9 Å². The minimum Gasteiger partial charge on any atom is -0.383 e. The van der Waals surface area contributed by atoms with E-state index in [1.165, 1.54) is 36.4 Å². The molecule has 0 bridgehead atoms. The van der Waals surface area contributed by atoms with Gasteiger partial charge in [-0.1, -0.05) is 18.2 Å². The maximum atomic E-state index is 12.8. The maximum Gasteiger partial charge on any atom is 0.287 e. The number of Topliss-reactive ketones (excluding diaryl/α,β-unsaturated/α-hetero) is 1. The second-order valence-corrected chi connectivity index (χ2v) is 6.45. The van der Waals surface area contributed by atoms with Crippen LogP contribution in [0.5, 0.6) is 0 Å². The van der Waals surface area contributed by atoms with E-state index < -0.39 is 29.1 Å². The van der Waals surface area contributed by atoms with Crippen molar-refractivity contribution in [3.05, 3.63) is 81.0 Å². The number of carbonyl (C=O) groups excluding carboxylic acids is 3. The molecule has 0 aliphatic carbocycles. The summed E-state index contributed by atoms with van der Waals surface area (Å²) in [6, 6.07) is 10.6. The van der Waals surface area contributed by atoms with Crippen molar-refractivity contribution in [2.75, 3.05) is 20.6 Å². The second kappa shape index (κ2) is 7.43. The molecule has 2 amide bonds. The lowest BCUT2D eigenvalue weighted by Gasteiger charge is -2.13. The number of hydrogen-bond acceptors (Lipinski definition) is 6. The van der Waals surface area contributed by atoms with Crippen LogP contribution < -0.4 is 0 Å². The Kier molecular flexibility index (Phi) is 5.04. The highest BCUT2D eigenvalue weighted by molar-refractivity contribution is 6.23. The van der Waals surface area contributed by atoms with Crippen LogP contribution in [-0.2, 0) is 0 Å². The Morgan fingerprint density at radius 1 is 1.07 bits per heavy atom. The van der Waals surface area contributed by atoms with Gasteiger partial charge in [-0.05, 0) is 36.5 Å². The van der Waals surface area contributed by atoms with Crippen LogP contribution in [0.1, 0.15) is 36.6 Å². The van der Waals surface area contributed by atoms with E-state index in [2.05, 4.69) is 0 Å². The summed E-state index contributed by atoms with van der Waals surface area (Å²) in [7, 11) is 3.53. The van der Waals surface area contributed by atoms with Crippen molar-refractivity contribution in [1.29, 1.82) is 0 Å². The third-order valence-electron chi connectivity index (χ3n) is 4.28. The number of fused-ring (bicyclic) bond motifs is 1. The Morgan fingerprint density at radius 3 is 2.21 bits per heavy atom. The number of imide groups is 1. The van der Waals surface area contributed by atoms with E-state index >= 15 is 0 Å². The molecule has 0 atom stereocenters. The fourth-order valence-electron chi connectivity index (χ4n) is 2.97. The van der Waals surface area contributed by atoms with Crippen molar-refractivity contribution in [3.63, 3.8) is 0 Å². The summed E-state index contributed by atoms with van der Waals surface area (Å²) in [5, 5.41) is 11.6. The Labute approximate surface area is 160 Å². The molecular weight excluding hydrogens is 362 g/mol. The van der Waals surface area contributed by atoms with Crippen LogP contribution >= 0.6 is 0 Å². The summed E-state index contributed by atoms with van der Waals surface area (Å²) < 4.78 is 0. The van der Waals surface area contributed by atoms with E-state index in [9.17, 15) is 24.5 Å². The highest BCUT2D eigenvalue weighted by Crippen LogP contribution is 2.28. The van der Waals surface area contributed by atoms with Gasteiger partial charge in [-0.2, -0.15) is 0 Å². The first-order chi connectivity index (χ1) is 13.3. The Bertz CT molecular complexity index is 991. The monoisotopic (exact) mass is 379 g/mol. The number of rotatable bonds is 6. The predicted molar refractivity (Wildman–Crippen MR) is 102 cm³/mol. The van der Waals surface area contributed by atoms with Gasteiger partial charge in [0.1, 0.15) is 0 Å². The van der Waals surface area contributed by atoms with Gasteiger partial charge >= 0.3 is 0 Å². The molecule has 2 aromatic rings. The number of para-hydroxylation sites is 1. The van der Waals surface area contributed by atoms with Crippen LogP contribution in [0.15, 0.2) is 48.7 Å². The molecule has 28 heavy (non-hydrogen) atoms. The highest BCUT2D eigenvalue weighted by atomic mass is 16.6. The van der Waals surface area contributed by atoms with Crippen molar-refractivity contribution < 1.29 is 19.3 Å². The Balaban J connectivity index is 1.94. The van der Waals surface area contributed by atoms with E-state index in [0.29, 0.717) is 0 Å². The van der Waals surface area contributed by atoms with E-state index in [1.807, 2.05) is 0 Å². The molecule has 142 valence electrons. The van der Waals surface area contributed by atoms with Gasteiger partial charge in [0, 0.05) is 14.1 Å². The van der Waals surface area contributed by atoms with Gasteiger partial charge in [-0.25, -0.2) is 0 Å². The van der Waals surface area contributed by atoms with Gasteiger partial charge < -0.3 is 4.90 Å². The number of benzene rings is 2. The topological polar surface area (TPSA) is 101 Å². The number of nitrogens with zero attached hydrogens (tertiary/aromatic N) is 3. The van der Waals surface area contributed by atoms with Gasteiger partial charge in [0.15, 0.2) is 5.78 Å². The molecule has 0 radical (unpaired) electrons. The molecule has 0 N–H and O–H groups in total. The normalized spacial score (nSPS) is 13.1. The van der Waals surface area contributed by atoms with Crippen LogP contribution in [0.3, 0.4) is 0 Å². The van der Waals surface area contributed by atoms with Crippen LogP contribution in [0.25, 0.3) is 6.08 Å². The third-order valence-corrected chi connectivity index (χ3v) is 4.28. The van der Waals surface area contributed by atoms with Crippen LogP contribution in [-0.4, -0.2) is 53.0 Å². The van der Waals surface area contributed by atoms with Gasteiger partial charge in [0.2, 0.25) is 0 Å². The first-order valence-electron chi connectivity index (χ1n) is 8.41. The predicted octanol–water partition coefficient (Wildman–Crippen LogP) is 2.61. The fraction of sp³-hybridized carbons (Fsp3) is 0.150. The van der Waals surface area contributed by atoms with Gasteiger partial charge in [-0.15, -0.1) is 0 Å². The lowest BCUT2D eigenvalue weighted by molar-refractivity contribution is -0.385. The lowest BCUT2D eigenvalue weighted by atomic mass is 10.0. The second-order valence-electron chi connectivity index (χ2n) is 6.45. The average molecular weight is 379 g/mol. The zero-order valence-corrected chi connectivity index (χ0v) is 15.3. The van der Waals surface area contributed by atoms with E-state index in [0.717, 1.165) is 4.90 Å². The minimum absolute atomic E-state index is 0.150. The SMILES string of the molecule is CN(C)C=Cc1cccc(C(=O)CN2C(=O)c3ccccc3C2=O)c1[N+](=O)[O-]. The largest absolute Gasteiger partial charge is 0.383 e. The average Bonchev–Trinajstić information content (AvgIpc) is 2.91. The first kappa shape index (κ1) is 19.0. The fourth-order valence-corrected chi connectivity index (χ4v) is 2.97. The number of carbonyl (C=O) groups is 3. The molecule has 1 aliphatic heterocycles. The molecule has 8 heteroatoms. The van der Waals surface area contributed by atoms with Crippen molar-refractivity contribution in [1.82, 2.24) is 9.80 Å². The molecule has 2 aromatic carbocycles. The lowest BCUT2D eigenvalue weighted by Crippen LogP contribution is -2.35. The zero-order valence-electron chi connectivity index (χ0n) is 15.3. The van der Waals surface area contributed by atoms with E-state index in [4.69, 9.17) is 0 Å². The zero-order chi connectivity index (χ0) is 20.4. The molecule has 1 aliphatic rings. The van der Waals surface area contributed by atoms with Crippen LogP contribution in [0.4, 0.5) is 5.69 Å². The van der Waals surface area contributed by atoms with Crippen molar-refractivity contribution in [3.8, 4) is 0 Å². The Hall–Kier alpha value is -3.81. The molecular formula is C20H17N3O5. The molecule has 3 rings (SSSR count). The number of nitro benzene ring substituents is 1. The van der Waals surface area contributed by atoms with Crippen LogP contribution in [0.2, 0.25) is 0 Å². The van der Waals surface area contributed by atoms with E-state index in [1.54, 1.807) is 37.3 Å². The summed E-state index contributed by atoms with van der Waals surface area (Å²) >= 11 is 0. The Morgan fingerprint density at radius 2 is 1.68 bits per heavy atom. The number of amides is 2. The summed E-state index contributed by atoms with van der Waals surface area (Å²) in [5.74, 6) is -1.85. The summed E-state index contributed by atoms with van der Waals surface area (Å²) in [4.78, 5) is 51.1. The van der Waals surface area contributed by atoms with Crippen molar-refractivity contribution in [2.24, 2.45) is 0 Å². The first-order valence-corrected chi connectivity index (χ1v) is 8.41. The summed E-state index contributed by atoms with van der Waals surface area (Å²) in [6.07, 6.45) is 3.15. The number of hydrogen-bond donors (Lipinski definition) is 0. The molecule has 0 aromatic heterocycles. The summed E-state index contributed by atoms with van der Waals surface area (Å²) in [6.45, 7) is -0.561. The molecule has 0 spiro atoms. The number of nitro groups is 1. The standard InChI is InChI=1S/C20H17N3O5/c1-21(2)11-10-13-6-5-9-16(18(13)23(27)28)17(24)12-22-19(25)14-7-3-4-8-15(14)20(22)26/h3-11H,12H2,1-2H3. The molecule has 8 nitrogen and oxygen atoms in total. The van der Waals surface area contributed by atoms with Gasteiger partial charge in [0.05, 0.1) is 33.7 Å². The highest BCUT2D eigenvalue weighted by Gasteiger charge is 2.37. The smallest absolute Gasteiger partial charge is 0.287 e. The molecule has 0 saturated carbocycles. The van der Waals surface area contributed by atoms with Gasteiger partial charge in [-0.3, -0.25) is 29.4 Å². The van der Waals surface area contributed by atoms with Crippen molar-refractivity contribution in [2.45, 2.75) is 0 Å². The van der Waals surface area contributed by atoms with Crippen molar-refractivity contribution >= 4 is 29.4 Å². The maximum absolute atomic E-state index is 12.8. The third kappa shape index (κ3) is 3.39. The van der Waals surface area contributed by atoms with Crippen LogP contribution in [0, 0.1) is 10.1 Å². The van der Waals surface area contributed by atoms with Gasteiger partial charge in [0.25, 0.3) is 17.5 Å². The molecule has 0 unspecified atom stereocenters.